The van der Waals surface area contributed by atoms with E-state index in [2.05, 4.69) is 0 Å². The lowest BCUT2D eigenvalue weighted by atomic mass is 10.1. The minimum atomic E-state index is -4.59. The molecule has 3 rings (SSSR count). The summed E-state index contributed by atoms with van der Waals surface area (Å²) in [5.74, 6) is -1.27. The third-order valence-electron chi connectivity index (χ3n) is 3.72. The van der Waals surface area contributed by atoms with E-state index in [4.69, 9.17) is 12.2 Å². The standard InChI is InChI=1S/C17H9F3N2O4S2/c18-17(19,20)10-2-1-3-11(8-10)21-15(24)14(28-16(21)27)7-9-6-12(22(25)26)4-5-13(9)23/h1-8,23H/p-1/b14-7+. The summed E-state index contributed by atoms with van der Waals surface area (Å²) in [4.78, 5) is 23.7. The molecule has 28 heavy (non-hydrogen) atoms. The highest BCUT2D eigenvalue weighted by atomic mass is 32.2. The summed E-state index contributed by atoms with van der Waals surface area (Å²) < 4.78 is 38.7. The quantitative estimate of drug-likeness (QED) is 0.319. The number of nitro groups is 1. The van der Waals surface area contributed by atoms with Gasteiger partial charge in [-0.2, -0.15) is 13.2 Å². The molecule has 0 saturated carbocycles. The monoisotopic (exact) mass is 425 g/mol. The van der Waals surface area contributed by atoms with Gasteiger partial charge < -0.3 is 5.11 Å². The Morgan fingerprint density at radius 1 is 1.18 bits per heavy atom. The third kappa shape index (κ3) is 3.85. The summed E-state index contributed by atoms with van der Waals surface area (Å²) in [7, 11) is 0. The average molecular weight is 425 g/mol. The molecule has 0 aromatic heterocycles. The predicted molar refractivity (Wildman–Crippen MR) is 99.6 cm³/mol. The van der Waals surface area contributed by atoms with Gasteiger partial charge in [0.2, 0.25) is 0 Å². The third-order valence-corrected chi connectivity index (χ3v) is 5.02. The van der Waals surface area contributed by atoms with Crippen molar-refractivity contribution in [2.75, 3.05) is 4.90 Å². The summed E-state index contributed by atoms with van der Waals surface area (Å²) in [6, 6.07) is 7.15. The number of amides is 1. The van der Waals surface area contributed by atoms with Gasteiger partial charge in [0.15, 0.2) is 4.32 Å². The second-order valence-electron chi connectivity index (χ2n) is 5.54. The number of hydrogen-bond donors (Lipinski definition) is 0. The largest absolute Gasteiger partial charge is 0.872 e. The Bertz CT molecular complexity index is 1040. The fourth-order valence-corrected chi connectivity index (χ4v) is 3.70. The molecule has 0 aliphatic carbocycles. The topological polar surface area (TPSA) is 86.5 Å². The zero-order chi connectivity index (χ0) is 20.6. The summed E-state index contributed by atoms with van der Waals surface area (Å²) >= 11 is 5.88. The number of nitro benzene ring substituents is 1. The van der Waals surface area contributed by atoms with Gasteiger partial charge in [-0.15, -0.1) is 5.75 Å². The molecule has 1 amide bonds. The maximum absolute atomic E-state index is 12.9. The van der Waals surface area contributed by atoms with Crippen LogP contribution in [0.3, 0.4) is 0 Å². The fraction of sp³-hybridized carbons (Fsp3) is 0.0588. The van der Waals surface area contributed by atoms with Gasteiger partial charge in [0.25, 0.3) is 11.6 Å². The van der Waals surface area contributed by atoms with Crippen molar-refractivity contribution in [3.63, 3.8) is 0 Å². The van der Waals surface area contributed by atoms with Crippen molar-refractivity contribution >= 4 is 51.7 Å². The highest BCUT2D eigenvalue weighted by molar-refractivity contribution is 8.27. The number of thioether (sulfide) groups is 1. The molecule has 1 saturated heterocycles. The van der Waals surface area contributed by atoms with Crippen LogP contribution in [0, 0.1) is 10.1 Å². The molecule has 1 aliphatic heterocycles. The van der Waals surface area contributed by atoms with Crippen LogP contribution in [0.2, 0.25) is 0 Å². The molecule has 0 radical (unpaired) electrons. The van der Waals surface area contributed by atoms with Crippen molar-refractivity contribution in [1.29, 1.82) is 0 Å². The van der Waals surface area contributed by atoms with E-state index in [1.165, 1.54) is 6.07 Å². The van der Waals surface area contributed by atoms with Crippen molar-refractivity contribution < 1.29 is 28.0 Å². The van der Waals surface area contributed by atoms with Gasteiger partial charge in [-0.1, -0.05) is 36.1 Å². The van der Waals surface area contributed by atoms with Crippen molar-refractivity contribution in [1.82, 2.24) is 0 Å². The summed E-state index contributed by atoms with van der Waals surface area (Å²) in [6.07, 6.45) is -3.45. The van der Waals surface area contributed by atoms with Crippen LogP contribution in [-0.2, 0) is 11.0 Å². The SMILES string of the molecule is O=C1/C(=C\c2cc([N+](=O)[O-])ccc2[O-])SC(=S)N1c1cccc(C(F)(F)F)c1. The lowest BCUT2D eigenvalue weighted by Crippen LogP contribution is -2.27. The molecule has 0 spiro atoms. The van der Waals surface area contributed by atoms with Gasteiger partial charge in [-0.25, -0.2) is 0 Å². The first-order valence-electron chi connectivity index (χ1n) is 7.48. The van der Waals surface area contributed by atoms with Crippen LogP contribution < -0.4 is 10.0 Å². The van der Waals surface area contributed by atoms with Crippen LogP contribution in [0.4, 0.5) is 24.5 Å². The van der Waals surface area contributed by atoms with Crippen molar-refractivity contribution in [3.05, 3.63) is 68.6 Å². The van der Waals surface area contributed by atoms with Gasteiger partial charge in [0.05, 0.1) is 21.1 Å². The normalized spacial score (nSPS) is 16.1. The minimum Gasteiger partial charge on any atom is -0.872 e. The van der Waals surface area contributed by atoms with Gasteiger partial charge in [0.1, 0.15) is 0 Å². The molecule has 0 unspecified atom stereocenters. The Kier molecular flexibility index (Phi) is 5.13. The molecular weight excluding hydrogens is 417 g/mol. The Labute approximate surface area is 165 Å². The molecule has 144 valence electrons. The first-order chi connectivity index (χ1) is 13.1. The average Bonchev–Trinajstić information content (AvgIpc) is 2.89. The van der Waals surface area contributed by atoms with Crippen LogP contribution in [0.15, 0.2) is 47.4 Å². The number of carbonyl (C=O) groups is 1. The van der Waals surface area contributed by atoms with Gasteiger partial charge in [-0.05, 0) is 29.8 Å². The summed E-state index contributed by atoms with van der Waals surface area (Å²) in [5, 5.41) is 22.8. The number of anilines is 1. The number of rotatable bonds is 3. The highest BCUT2D eigenvalue weighted by Crippen LogP contribution is 2.39. The minimum absolute atomic E-state index is 0.0199. The van der Waals surface area contributed by atoms with Crippen molar-refractivity contribution in [2.45, 2.75) is 6.18 Å². The van der Waals surface area contributed by atoms with Gasteiger partial charge >= 0.3 is 6.18 Å². The summed E-state index contributed by atoms with van der Waals surface area (Å²) in [6.45, 7) is 0. The van der Waals surface area contributed by atoms with E-state index in [0.29, 0.717) is 0 Å². The molecule has 0 bridgehead atoms. The van der Waals surface area contributed by atoms with Crippen LogP contribution in [0.5, 0.6) is 5.75 Å². The summed E-state index contributed by atoms with van der Waals surface area (Å²) in [5.41, 5.74) is -1.44. The van der Waals surface area contributed by atoms with E-state index >= 15 is 0 Å². The van der Waals surface area contributed by atoms with Crippen LogP contribution in [-0.4, -0.2) is 15.2 Å². The number of carbonyl (C=O) groups excluding carboxylic acids is 1. The van der Waals surface area contributed by atoms with E-state index in [-0.39, 0.29) is 26.2 Å². The molecule has 1 aliphatic rings. The Morgan fingerprint density at radius 3 is 2.54 bits per heavy atom. The molecular formula is C17H8F3N2O4S2-. The van der Waals surface area contributed by atoms with Crippen LogP contribution in [0.1, 0.15) is 11.1 Å². The smallest absolute Gasteiger partial charge is 0.416 e. The highest BCUT2D eigenvalue weighted by Gasteiger charge is 2.36. The molecule has 6 nitrogen and oxygen atoms in total. The first-order valence-corrected chi connectivity index (χ1v) is 8.71. The molecule has 2 aromatic carbocycles. The number of hydrogen-bond acceptors (Lipinski definition) is 6. The lowest BCUT2D eigenvalue weighted by molar-refractivity contribution is -0.385. The maximum Gasteiger partial charge on any atom is 0.416 e. The van der Waals surface area contributed by atoms with E-state index in [1.54, 1.807) is 0 Å². The molecule has 0 N–H and O–H groups in total. The van der Waals surface area contributed by atoms with E-state index in [0.717, 1.165) is 59.1 Å². The number of nitrogens with zero attached hydrogens (tertiary/aromatic N) is 2. The number of alkyl halides is 3. The first kappa shape index (κ1) is 19.8. The van der Waals surface area contributed by atoms with Gasteiger partial charge in [-0.3, -0.25) is 19.8 Å². The molecule has 1 heterocycles. The Morgan fingerprint density at radius 2 is 1.89 bits per heavy atom. The van der Waals surface area contributed by atoms with Crippen molar-refractivity contribution in [2.24, 2.45) is 0 Å². The zero-order valence-corrected chi connectivity index (χ0v) is 15.2. The molecule has 11 heteroatoms. The van der Waals surface area contributed by atoms with Gasteiger partial charge in [0, 0.05) is 12.1 Å². The molecule has 0 atom stereocenters. The number of benzene rings is 2. The Balaban J connectivity index is 1.98. The van der Waals surface area contributed by atoms with E-state index in [9.17, 15) is 33.2 Å². The predicted octanol–water partition coefficient (Wildman–Crippen LogP) is 4.09. The Hall–Kier alpha value is -2.92. The number of halogens is 3. The maximum atomic E-state index is 12.9. The van der Waals surface area contributed by atoms with Crippen LogP contribution in [0.25, 0.3) is 6.08 Å². The van der Waals surface area contributed by atoms with Crippen LogP contribution >= 0.6 is 24.0 Å². The fourth-order valence-electron chi connectivity index (χ4n) is 2.42. The second-order valence-corrected chi connectivity index (χ2v) is 7.22. The second kappa shape index (κ2) is 7.24. The number of non-ortho nitro benzene ring substituents is 1. The molecule has 2 aromatic rings. The van der Waals surface area contributed by atoms with E-state index in [1.807, 2.05) is 0 Å². The van der Waals surface area contributed by atoms with Crippen molar-refractivity contribution in [3.8, 4) is 5.75 Å². The molecule has 1 fully saturated rings. The lowest BCUT2D eigenvalue weighted by Gasteiger charge is -2.16. The van der Waals surface area contributed by atoms with E-state index < -0.39 is 28.3 Å². The zero-order valence-electron chi connectivity index (χ0n) is 13.6. The number of thiocarbonyl (C=S) groups is 1.